The zero-order chi connectivity index (χ0) is 16.6. The first-order valence-electron chi connectivity index (χ1n) is 8.16. The minimum absolute atomic E-state index is 0.239. The van der Waals surface area contributed by atoms with Gasteiger partial charge in [-0.15, -0.1) is 0 Å². The summed E-state index contributed by atoms with van der Waals surface area (Å²) in [6.45, 7) is 1.41. The second kappa shape index (κ2) is 6.02. The molecule has 2 aliphatic heterocycles. The van der Waals surface area contributed by atoms with Gasteiger partial charge in [0, 0.05) is 12.6 Å². The summed E-state index contributed by atoms with van der Waals surface area (Å²) >= 11 is 0. The van der Waals surface area contributed by atoms with Gasteiger partial charge in [0.1, 0.15) is 13.2 Å². The highest BCUT2D eigenvalue weighted by molar-refractivity contribution is 7.92. The molecule has 0 amide bonds. The van der Waals surface area contributed by atoms with Gasteiger partial charge in [0.25, 0.3) is 10.0 Å². The lowest BCUT2D eigenvalue weighted by Crippen LogP contribution is -2.32. The number of rotatable bonds is 2. The first-order chi connectivity index (χ1) is 11.7. The molecule has 0 saturated heterocycles. The van der Waals surface area contributed by atoms with Gasteiger partial charge in [-0.1, -0.05) is 18.2 Å². The molecule has 24 heavy (non-hydrogen) atoms. The Bertz CT molecular complexity index is 863. The van der Waals surface area contributed by atoms with Crippen LogP contribution in [0.1, 0.15) is 18.4 Å². The van der Waals surface area contributed by atoms with Gasteiger partial charge in [-0.25, -0.2) is 8.42 Å². The van der Waals surface area contributed by atoms with Crippen molar-refractivity contribution in [3.8, 4) is 11.5 Å². The molecule has 0 fully saturated rings. The van der Waals surface area contributed by atoms with Crippen LogP contribution in [0.15, 0.2) is 47.4 Å². The van der Waals surface area contributed by atoms with Crippen LogP contribution in [0.25, 0.3) is 0 Å². The lowest BCUT2D eigenvalue weighted by molar-refractivity contribution is 0.171. The van der Waals surface area contributed by atoms with E-state index in [-0.39, 0.29) is 4.90 Å². The summed E-state index contributed by atoms with van der Waals surface area (Å²) in [5.74, 6) is 1.09. The lowest BCUT2D eigenvalue weighted by Gasteiger charge is -2.25. The van der Waals surface area contributed by atoms with Gasteiger partial charge in [-0.05, 0) is 43.0 Å². The average Bonchev–Trinajstić information content (AvgIpc) is 2.84. The monoisotopic (exact) mass is 345 g/mol. The van der Waals surface area contributed by atoms with Gasteiger partial charge in [-0.3, -0.25) is 4.31 Å². The van der Waals surface area contributed by atoms with E-state index in [9.17, 15) is 8.42 Å². The maximum atomic E-state index is 13.2. The summed E-state index contributed by atoms with van der Waals surface area (Å²) in [4.78, 5) is 0.239. The molecule has 0 radical (unpaired) electrons. The second-order valence-electron chi connectivity index (χ2n) is 5.97. The molecular formula is C18H19NO4S. The van der Waals surface area contributed by atoms with Crippen molar-refractivity contribution in [2.45, 2.75) is 24.2 Å². The molecule has 0 spiro atoms. The van der Waals surface area contributed by atoms with Crippen LogP contribution in [0.2, 0.25) is 0 Å². The fourth-order valence-electron chi connectivity index (χ4n) is 3.22. The Morgan fingerprint density at radius 3 is 2.58 bits per heavy atom. The maximum Gasteiger partial charge on any atom is 0.264 e. The highest BCUT2D eigenvalue weighted by atomic mass is 32.2. The Kier molecular flexibility index (Phi) is 3.84. The largest absolute Gasteiger partial charge is 0.486 e. The minimum Gasteiger partial charge on any atom is -0.486 e. The molecule has 0 aromatic heterocycles. The van der Waals surface area contributed by atoms with Gasteiger partial charge in [-0.2, -0.15) is 0 Å². The normalized spacial score (nSPS) is 17.1. The maximum absolute atomic E-state index is 13.2. The Balaban J connectivity index is 1.78. The average molecular weight is 345 g/mol. The number of aryl methyl sites for hydroxylation is 1. The fraction of sp³-hybridized carbons (Fsp3) is 0.333. The SMILES string of the molecule is O=S(=O)(c1ccc2c(c1)OCCO2)N1CCCCc2ccccc21. The standard InChI is InChI=1S/C18H19NO4S/c20-24(21,15-8-9-17-18(13-15)23-12-11-22-17)19-10-4-3-6-14-5-1-2-7-16(14)19/h1-2,5,7-9,13H,3-4,6,10-12H2. The van der Waals surface area contributed by atoms with Gasteiger partial charge >= 0.3 is 0 Å². The predicted molar refractivity (Wildman–Crippen MR) is 91.3 cm³/mol. The Morgan fingerprint density at radius 1 is 0.917 bits per heavy atom. The van der Waals surface area contributed by atoms with E-state index in [0.29, 0.717) is 31.3 Å². The molecule has 4 rings (SSSR count). The van der Waals surface area contributed by atoms with Crippen LogP contribution in [0.3, 0.4) is 0 Å². The number of fused-ring (bicyclic) bond motifs is 2. The first-order valence-corrected chi connectivity index (χ1v) is 9.60. The van der Waals surface area contributed by atoms with Crippen molar-refractivity contribution in [1.29, 1.82) is 0 Å². The number of para-hydroxylation sites is 1. The number of nitrogens with zero attached hydrogens (tertiary/aromatic N) is 1. The van der Waals surface area contributed by atoms with E-state index in [2.05, 4.69) is 0 Å². The van der Waals surface area contributed by atoms with Crippen LogP contribution >= 0.6 is 0 Å². The third kappa shape index (κ3) is 2.60. The van der Waals surface area contributed by atoms with E-state index < -0.39 is 10.0 Å². The molecule has 2 aliphatic rings. The van der Waals surface area contributed by atoms with Crippen LogP contribution in [0.5, 0.6) is 11.5 Å². The molecular weight excluding hydrogens is 326 g/mol. The second-order valence-corrected chi connectivity index (χ2v) is 7.83. The Morgan fingerprint density at radius 2 is 1.71 bits per heavy atom. The van der Waals surface area contributed by atoms with Crippen molar-refractivity contribution >= 4 is 15.7 Å². The molecule has 0 saturated carbocycles. The molecule has 5 nitrogen and oxygen atoms in total. The van der Waals surface area contributed by atoms with Crippen LogP contribution in [-0.2, 0) is 16.4 Å². The third-order valence-electron chi connectivity index (χ3n) is 4.42. The zero-order valence-electron chi connectivity index (χ0n) is 13.3. The van der Waals surface area contributed by atoms with Crippen molar-refractivity contribution in [2.75, 3.05) is 24.1 Å². The fourth-order valence-corrected chi connectivity index (χ4v) is 4.77. The summed E-state index contributed by atoms with van der Waals surface area (Å²) in [6.07, 6.45) is 2.74. The van der Waals surface area contributed by atoms with Gasteiger partial charge in [0.2, 0.25) is 0 Å². The first kappa shape index (κ1) is 15.3. The predicted octanol–water partition coefficient (Wildman–Crippen LogP) is 2.99. The topological polar surface area (TPSA) is 55.8 Å². The molecule has 2 heterocycles. The molecule has 2 aromatic carbocycles. The zero-order valence-corrected chi connectivity index (χ0v) is 14.1. The van der Waals surface area contributed by atoms with E-state index in [0.717, 1.165) is 30.5 Å². The quantitative estimate of drug-likeness (QED) is 0.840. The van der Waals surface area contributed by atoms with Gasteiger partial charge < -0.3 is 9.47 Å². The molecule has 0 N–H and O–H groups in total. The van der Waals surface area contributed by atoms with Crippen LogP contribution in [-0.4, -0.2) is 28.2 Å². The number of sulfonamides is 1. The molecule has 0 unspecified atom stereocenters. The van der Waals surface area contributed by atoms with Crippen molar-refractivity contribution < 1.29 is 17.9 Å². The number of hydrogen-bond donors (Lipinski definition) is 0. The van der Waals surface area contributed by atoms with Crippen molar-refractivity contribution in [1.82, 2.24) is 0 Å². The number of hydrogen-bond acceptors (Lipinski definition) is 4. The summed E-state index contributed by atoms with van der Waals surface area (Å²) in [5, 5.41) is 0. The van der Waals surface area contributed by atoms with Crippen LogP contribution in [0.4, 0.5) is 5.69 Å². The van der Waals surface area contributed by atoms with E-state index in [1.54, 1.807) is 18.2 Å². The highest BCUT2D eigenvalue weighted by Gasteiger charge is 2.29. The molecule has 0 aliphatic carbocycles. The Labute approximate surface area is 141 Å². The summed E-state index contributed by atoms with van der Waals surface area (Å²) in [5.41, 5.74) is 1.86. The Hall–Kier alpha value is -2.21. The lowest BCUT2D eigenvalue weighted by atomic mass is 10.1. The molecule has 6 heteroatoms. The molecule has 0 bridgehead atoms. The molecule has 2 aromatic rings. The van der Waals surface area contributed by atoms with Crippen molar-refractivity contribution in [3.05, 3.63) is 48.0 Å². The van der Waals surface area contributed by atoms with Gasteiger partial charge in [0.15, 0.2) is 11.5 Å². The number of anilines is 1. The van der Waals surface area contributed by atoms with E-state index in [1.807, 2.05) is 24.3 Å². The van der Waals surface area contributed by atoms with Crippen LogP contribution in [0, 0.1) is 0 Å². The molecule has 0 atom stereocenters. The van der Waals surface area contributed by atoms with E-state index in [4.69, 9.17) is 9.47 Å². The summed E-state index contributed by atoms with van der Waals surface area (Å²) in [7, 11) is -3.63. The number of benzene rings is 2. The van der Waals surface area contributed by atoms with Crippen molar-refractivity contribution in [2.24, 2.45) is 0 Å². The van der Waals surface area contributed by atoms with E-state index >= 15 is 0 Å². The van der Waals surface area contributed by atoms with Crippen molar-refractivity contribution in [3.63, 3.8) is 0 Å². The smallest absolute Gasteiger partial charge is 0.264 e. The molecule has 126 valence electrons. The summed E-state index contributed by atoms with van der Waals surface area (Å²) < 4.78 is 39.0. The minimum atomic E-state index is -3.63. The van der Waals surface area contributed by atoms with Crippen LogP contribution < -0.4 is 13.8 Å². The third-order valence-corrected chi connectivity index (χ3v) is 6.23. The summed E-state index contributed by atoms with van der Waals surface area (Å²) in [6, 6.07) is 12.6. The highest BCUT2D eigenvalue weighted by Crippen LogP contribution is 2.36. The van der Waals surface area contributed by atoms with E-state index in [1.165, 1.54) is 4.31 Å². The number of ether oxygens (including phenoxy) is 2. The van der Waals surface area contributed by atoms with Gasteiger partial charge in [0.05, 0.1) is 10.6 Å².